The molecule has 20 heavy (non-hydrogen) atoms. The smallest absolute Gasteiger partial charge is 0.241 e. The van der Waals surface area contributed by atoms with Crippen LogP contribution in [0.5, 0.6) is 0 Å². The molecule has 1 amide bonds. The molecule has 2 N–H and O–H groups in total. The van der Waals surface area contributed by atoms with Crippen molar-refractivity contribution in [2.75, 3.05) is 5.32 Å². The van der Waals surface area contributed by atoms with Crippen molar-refractivity contribution in [3.8, 4) is 0 Å². The molecule has 1 aromatic carbocycles. The number of hydrogen-bond donors (Lipinski definition) is 2. The highest BCUT2D eigenvalue weighted by Crippen LogP contribution is 2.33. The van der Waals surface area contributed by atoms with Crippen molar-refractivity contribution in [3.05, 3.63) is 29.8 Å². The van der Waals surface area contributed by atoms with E-state index in [4.69, 9.17) is 0 Å². The Bertz CT molecular complexity index is 446. The molecule has 1 heterocycles. The predicted molar refractivity (Wildman–Crippen MR) is 84.3 cm³/mol. The molecule has 3 nitrogen and oxygen atoms in total. The fourth-order valence-electron chi connectivity index (χ4n) is 3.39. The Kier molecular flexibility index (Phi) is 5.06. The lowest BCUT2D eigenvalue weighted by molar-refractivity contribution is -0.117. The summed E-state index contributed by atoms with van der Waals surface area (Å²) in [7, 11) is 0. The summed E-state index contributed by atoms with van der Waals surface area (Å²) in [5.41, 5.74) is 2.11. The van der Waals surface area contributed by atoms with Crippen LogP contribution in [-0.4, -0.2) is 18.0 Å². The van der Waals surface area contributed by atoms with Gasteiger partial charge in [-0.05, 0) is 44.2 Å². The van der Waals surface area contributed by atoms with Crippen molar-refractivity contribution < 1.29 is 4.79 Å². The van der Waals surface area contributed by atoms with E-state index in [2.05, 4.69) is 17.6 Å². The highest BCUT2D eigenvalue weighted by molar-refractivity contribution is 5.95. The maximum atomic E-state index is 12.3. The third-order valence-electron chi connectivity index (χ3n) is 4.50. The molecule has 3 atom stereocenters. The van der Waals surface area contributed by atoms with Gasteiger partial charge in [0.2, 0.25) is 5.91 Å². The highest BCUT2D eigenvalue weighted by atomic mass is 35.5. The second kappa shape index (κ2) is 6.59. The van der Waals surface area contributed by atoms with E-state index in [1.807, 2.05) is 24.3 Å². The van der Waals surface area contributed by atoms with Gasteiger partial charge in [-0.3, -0.25) is 4.79 Å². The molecule has 0 radical (unpaired) electrons. The first-order valence-electron chi connectivity index (χ1n) is 7.36. The zero-order valence-electron chi connectivity index (χ0n) is 11.9. The van der Waals surface area contributed by atoms with Gasteiger partial charge in [0.15, 0.2) is 0 Å². The molecule has 0 spiro atoms. The lowest BCUT2D eigenvalue weighted by atomic mass is 9.85. The molecule has 0 bridgehead atoms. The van der Waals surface area contributed by atoms with E-state index in [-0.39, 0.29) is 24.4 Å². The summed E-state index contributed by atoms with van der Waals surface area (Å²) in [5, 5.41) is 6.53. The number of carbonyl (C=O) groups is 1. The lowest BCUT2D eigenvalue weighted by Gasteiger charge is -2.24. The number of halogens is 1. The summed E-state index contributed by atoms with van der Waals surface area (Å²) >= 11 is 0. The van der Waals surface area contributed by atoms with Gasteiger partial charge in [-0.25, -0.2) is 0 Å². The number of carbonyl (C=O) groups excluding carboxylic acids is 1. The van der Waals surface area contributed by atoms with Crippen molar-refractivity contribution in [1.29, 1.82) is 0 Å². The number of rotatable bonds is 2. The average molecular weight is 295 g/mol. The Morgan fingerprint density at radius 3 is 2.60 bits per heavy atom. The Labute approximate surface area is 126 Å². The molecule has 1 saturated carbocycles. The van der Waals surface area contributed by atoms with Crippen molar-refractivity contribution in [1.82, 2.24) is 5.32 Å². The van der Waals surface area contributed by atoms with Crippen molar-refractivity contribution in [3.63, 3.8) is 0 Å². The molecule has 110 valence electrons. The molecule has 3 unspecified atom stereocenters. The second-order valence-electron chi connectivity index (χ2n) is 5.96. The van der Waals surface area contributed by atoms with Crippen molar-refractivity contribution in [2.24, 2.45) is 5.92 Å². The van der Waals surface area contributed by atoms with Gasteiger partial charge in [-0.2, -0.15) is 0 Å². The minimum Gasteiger partial charge on any atom is -0.325 e. The fraction of sp³-hybridized carbons (Fsp3) is 0.562. The van der Waals surface area contributed by atoms with Gasteiger partial charge in [0, 0.05) is 11.7 Å². The number of nitrogens with one attached hydrogen (secondary N) is 2. The van der Waals surface area contributed by atoms with Crippen LogP contribution in [-0.2, 0) is 4.79 Å². The molecule has 1 aromatic rings. The van der Waals surface area contributed by atoms with Gasteiger partial charge >= 0.3 is 0 Å². The summed E-state index contributed by atoms with van der Waals surface area (Å²) in [6, 6.07) is 8.55. The minimum atomic E-state index is -0.00518. The first kappa shape index (κ1) is 15.3. The lowest BCUT2D eigenvalue weighted by Crippen LogP contribution is -2.39. The summed E-state index contributed by atoms with van der Waals surface area (Å²) in [6.45, 7) is 2.05. The summed E-state index contributed by atoms with van der Waals surface area (Å²) in [4.78, 5) is 12.3. The zero-order valence-corrected chi connectivity index (χ0v) is 12.7. The van der Waals surface area contributed by atoms with Gasteiger partial charge in [0.1, 0.15) is 0 Å². The van der Waals surface area contributed by atoms with Crippen LogP contribution in [0, 0.1) is 12.8 Å². The standard InChI is InChI=1S/C16H22N2O.ClH/c1-11-6-8-13(9-7-11)17-16(19)15-10-12-4-2-3-5-14(12)18-15;/h6-9,12,14-15,18H,2-5,10H2,1H3,(H,17,19);1H. The molecule has 4 heteroatoms. The summed E-state index contributed by atoms with van der Waals surface area (Å²) in [5.74, 6) is 0.834. The molecule has 1 aliphatic heterocycles. The fourth-order valence-corrected chi connectivity index (χ4v) is 3.39. The van der Waals surface area contributed by atoms with Crippen LogP contribution in [0.3, 0.4) is 0 Å². The van der Waals surface area contributed by atoms with E-state index in [0.29, 0.717) is 12.0 Å². The molecule has 2 aliphatic rings. The maximum absolute atomic E-state index is 12.3. The number of fused-ring (bicyclic) bond motifs is 1. The topological polar surface area (TPSA) is 41.1 Å². The van der Waals surface area contributed by atoms with Crippen LogP contribution >= 0.6 is 12.4 Å². The molecule has 1 saturated heterocycles. The molecule has 3 rings (SSSR count). The van der Waals surface area contributed by atoms with Crippen molar-refractivity contribution in [2.45, 2.75) is 51.1 Å². The van der Waals surface area contributed by atoms with Crippen LogP contribution < -0.4 is 10.6 Å². The Morgan fingerprint density at radius 1 is 1.20 bits per heavy atom. The number of aryl methyl sites for hydroxylation is 1. The van der Waals surface area contributed by atoms with Crippen molar-refractivity contribution >= 4 is 24.0 Å². The monoisotopic (exact) mass is 294 g/mol. The van der Waals surface area contributed by atoms with Gasteiger partial charge in [0.25, 0.3) is 0 Å². The van der Waals surface area contributed by atoms with E-state index < -0.39 is 0 Å². The third kappa shape index (κ3) is 3.33. The first-order chi connectivity index (χ1) is 9.22. The second-order valence-corrected chi connectivity index (χ2v) is 5.96. The first-order valence-corrected chi connectivity index (χ1v) is 7.36. The highest BCUT2D eigenvalue weighted by Gasteiger charge is 2.38. The number of amides is 1. The molecular formula is C16H23ClN2O. The number of anilines is 1. The van der Waals surface area contributed by atoms with Gasteiger partial charge in [-0.1, -0.05) is 30.5 Å². The van der Waals surface area contributed by atoms with E-state index in [1.165, 1.54) is 31.2 Å². The van der Waals surface area contributed by atoms with Crippen LogP contribution in [0.25, 0.3) is 0 Å². The van der Waals surface area contributed by atoms with E-state index in [9.17, 15) is 4.79 Å². The average Bonchev–Trinajstić information content (AvgIpc) is 2.85. The predicted octanol–water partition coefficient (Wildman–Crippen LogP) is 3.28. The third-order valence-corrected chi connectivity index (χ3v) is 4.50. The summed E-state index contributed by atoms with van der Waals surface area (Å²) in [6.07, 6.45) is 6.16. The van der Waals surface area contributed by atoms with Gasteiger partial charge in [-0.15, -0.1) is 12.4 Å². The van der Waals surface area contributed by atoms with Gasteiger partial charge in [0.05, 0.1) is 6.04 Å². The number of benzene rings is 1. The van der Waals surface area contributed by atoms with E-state index in [0.717, 1.165) is 12.1 Å². The quantitative estimate of drug-likeness (QED) is 0.879. The Hall–Kier alpha value is -1.06. The minimum absolute atomic E-state index is 0. The van der Waals surface area contributed by atoms with Crippen LogP contribution in [0.1, 0.15) is 37.7 Å². The van der Waals surface area contributed by atoms with E-state index >= 15 is 0 Å². The van der Waals surface area contributed by atoms with Crippen LogP contribution in [0.2, 0.25) is 0 Å². The Balaban J connectivity index is 0.00000147. The van der Waals surface area contributed by atoms with Gasteiger partial charge < -0.3 is 10.6 Å². The Morgan fingerprint density at radius 2 is 1.90 bits per heavy atom. The SMILES string of the molecule is Cc1ccc(NC(=O)C2CC3CCCCC3N2)cc1.Cl. The van der Waals surface area contributed by atoms with E-state index in [1.54, 1.807) is 0 Å². The molecule has 0 aromatic heterocycles. The molecule has 1 aliphatic carbocycles. The maximum Gasteiger partial charge on any atom is 0.241 e. The number of hydrogen-bond acceptors (Lipinski definition) is 2. The summed E-state index contributed by atoms with van der Waals surface area (Å²) < 4.78 is 0. The normalized spacial score (nSPS) is 28.4. The molecular weight excluding hydrogens is 272 g/mol. The largest absolute Gasteiger partial charge is 0.325 e. The zero-order chi connectivity index (χ0) is 13.2. The molecule has 2 fully saturated rings. The van der Waals surface area contributed by atoms with Crippen LogP contribution in [0.4, 0.5) is 5.69 Å². The van der Waals surface area contributed by atoms with Crippen LogP contribution in [0.15, 0.2) is 24.3 Å².